The summed E-state index contributed by atoms with van der Waals surface area (Å²) in [5, 5.41) is 11.6. The van der Waals surface area contributed by atoms with Gasteiger partial charge < -0.3 is 10.4 Å². The van der Waals surface area contributed by atoms with Gasteiger partial charge in [-0.05, 0) is 13.0 Å². The molecule has 1 unspecified atom stereocenters. The molecule has 1 amide bonds. The Kier molecular flexibility index (Phi) is 2.43. The Balaban J connectivity index is 2.69. The molecule has 0 aliphatic heterocycles. The molecule has 0 saturated heterocycles. The van der Waals surface area contributed by atoms with Crippen LogP contribution in [0.2, 0.25) is 0 Å². The van der Waals surface area contributed by atoms with Crippen LogP contribution in [0.3, 0.4) is 0 Å². The Morgan fingerprint density at radius 1 is 1.83 bits per heavy atom. The topological polar surface area (TPSA) is 49.3 Å². The summed E-state index contributed by atoms with van der Waals surface area (Å²) in [5.74, 6) is 0. The van der Waals surface area contributed by atoms with Crippen molar-refractivity contribution in [3.05, 3.63) is 23.3 Å². The minimum Gasteiger partial charge on any atom is -0.465 e. The van der Waals surface area contributed by atoms with Gasteiger partial charge in [-0.2, -0.15) is 0 Å². The molecule has 1 rings (SSSR count). The third-order valence-corrected chi connectivity index (χ3v) is 1.93. The lowest BCUT2D eigenvalue weighted by atomic mass is 9.94. The predicted molar refractivity (Wildman–Crippen MR) is 47.3 cm³/mol. The molecule has 4 heteroatoms. The van der Waals surface area contributed by atoms with Crippen LogP contribution in [0.1, 0.15) is 13.3 Å². The highest BCUT2D eigenvalue weighted by Gasteiger charge is 2.25. The zero-order valence-corrected chi connectivity index (χ0v) is 7.43. The normalized spacial score (nSPS) is 28.0. The van der Waals surface area contributed by atoms with Crippen molar-refractivity contribution in [3.63, 3.8) is 0 Å². The third kappa shape index (κ3) is 2.27. The van der Waals surface area contributed by atoms with E-state index in [1.807, 2.05) is 0 Å². The number of nitrogens with one attached hydrogen (secondary N) is 1. The Bertz CT molecular complexity index is 256. The second-order valence-corrected chi connectivity index (χ2v) is 3.48. The van der Waals surface area contributed by atoms with E-state index in [-0.39, 0.29) is 0 Å². The van der Waals surface area contributed by atoms with E-state index in [9.17, 15) is 4.79 Å². The van der Waals surface area contributed by atoms with Crippen LogP contribution >= 0.6 is 11.6 Å². The van der Waals surface area contributed by atoms with E-state index >= 15 is 0 Å². The van der Waals surface area contributed by atoms with Crippen molar-refractivity contribution in [1.82, 2.24) is 5.32 Å². The van der Waals surface area contributed by atoms with Gasteiger partial charge in [-0.3, -0.25) is 0 Å². The highest BCUT2D eigenvalue weighted by Crippen LogP contribution is 2.24. The predicted octanol–water partition coefficient (Wildman–Crippen LogP) is 2.10. The maximum Gasteiger partial charge on any atom is 0.405 e. The fourth-order valence-electron chi connectivity index (χ4n) is 1.16. The first-order chi connectivity index (χ1) is 5.52. The molecule has 0 fully saturated rings. The highest BCUT2D eigenvalue weighted by molar-refractivity contribution is 6.29. The minimum atomic E-state index is -1.03. The fraction of sp³-hybridized carbons (Fsp3) is 0.375. The van der Waals surface area contributed by atoms with Crippen molar-refractivity contribution >= 4 is 17.7 Å². The molecule has 0 saturated carbocycles. The van der Waals surface area contributed by atoms with Crippen LogP contribution in [0.25, 0.3) is 0 Å². The van der Waals surface area contributed by atoms with Crippen LogP contribution in [0.15, 0.2) is 23.3 Å². The first kappa shape index (κ1) is 9.13. The van der Waals surface area contributed by atoms with Gasteiger partial charge in [-0.25, -0.2) is 4.79 Å². The molecule has 0 aromatic carbocycles. The third-order valence-electron chi connectivity index (χ3n) is 1.67. The molecule has 1 aliphatic carbocycles. The smallest absolute Gasteiger partial charge is 0.405 e. The molecule has 66 valence electrons. The number of rotatable bonds is 1. The molecule has 1 atom stereocenters. The number of carboxylic acid groups (broad SMARTS) is 1. The van der Waals surface area contributed by atoms with Crippen LogP contribution in [0.4, 0.5) is 4.79 Å². The van der Waals surface area contributed by atoms with Gasteiger partial charge in [-0.1, -0.05) is 23.8 Å². The van der Waals surface area contributed by atoms with E-state index in [4.69, 9.17) is 16.7 Å². The Morgan fingerprint density at radius 2 is 2.50 bits per heavy atom. The average molecular weight is 188 g/mol. The molecule has 1 aliphatic rings. The minimum absolute atomic E-state index is 0.511. The van der Waals surface area contributed by atoms with E-state index in [0.29, 0.717) is 11.5 Å². The largest absolute Gasteiger partial charge is 0.465 e. The van der Waals surface area contributed by atoms with Crippen molar-refractivity contribution in [2.24, 2.45) is 0 Å². The highest BCUT2D eigenvalue weighted by atomic mass is 35.5. The summed E-state index contributed by atoms with van der Waals surface area (Å²) in [6.07, 6.45) is 4.77. The molecule has 0 heterocycles. The van der Waals surface area contributed by atoms with Crippen molar-refractivity contribution in [3.8, 4) is 0 Å². The molecular formula is C8H10ClNO2. The van der Waals surface area contributed by atoms with Crippen LogP contribution in [0, 0.1) is 0 Å². The van der Waals surface area contributed by atoms with Crippen molar-refractivity contribution in [2.45, 2.75) is 18.9 Å². The van der Waals surface area contributed by atoms with Crippen LogP contribution in [0.5, 0.6) is 0 Å². The van der Waals surface area contributed by atoms with E-state index in [2.05, 4.69) is 5.32 Å². The lowest BCUT2D eigenvalue weighted by Crippen LogP contribution is -2.44. The van der Waals surface area contributed by atoms with Gasteiger partial charge in [0.05, 0.1) is 5.54 Å². The van der Waals surface area contributed by atoms with Gasteiger partial charge in [0.25, 0.3) is 0 Å². The number of carbonyl (C=O) groups is 1. The van der Waals surface area contributed by atoms with E-state index in [1.54, 1.807) is 25.2 Å². The number of amides is 1. The molecule has 0 spiro atoms. The lowest BCUT2D eigenvalue weighted by Gasteiger charge is -2.27. The van der Waals surface area contributed by atoms with Gasteiger partial charge in [0, 0.05) is 11.5 Å². The molecule has 0 radical (unpaired) electrons. The van der Waals surface area contributed by atoms with Crippen molar-refractivity contribution < 1.29 is 9.90 Å². The van der Waals surface area contributed by atoms with E-state index in [0.717, 1.165) is 0 Å². The van der Waals surface area contributed by atoms with E-state index < -0.39 is 11.6 Å². The number of halogens is 1. The molecule has 0 aromatic heterocycles. The van der Waals surface area contributed by atoms with Crippen LogP contribution in [-0.2, 0) is 0 Å². The summed E-state index contributed by atoms with van der Waals surface area (Å²) < 4.78 is 0. The summed E-state index contributed by atoms with van der Waals surface area (Å²) in [5.41, 5.74) is -0.558. The zero-order valence-electron chi connectivity index (χ0n) is 6.67. The van der Waals surface area contributed by atoms with Gasteiger partial charge in [0.2, 0.25) is 0 Å². The standard InChI is InChI=1S/C8H10ClNO2/c1-8(10-7(11)12)4-2-3-6(9)5-8/h2-4,10H,5H2,1H3,(H,11,12). The van der Waals surface area contributed by atoms with Gasteiger partial charge in [0.1, 0.15) is 0 Å². The molecule has 0 aromatic rings. The fourth-order valence-corrected chi connectivity index (χ4v) is 1.51. The number of hydrogen-bond donors (Lipinski definition) is 2. The zero-order chi connectivity index (χ0) is 9.19. The Hall–Kier alpha value is -0.960. The average Bonchev–Trinajstić information content (AvgIpc) is 1.82. The van der Waals surface area contributed by atoms with Crippen molar-refractivity contribution in [1.29, 1.82) is 0 Å². The summed E-state index contributed by atoms with van der Waals surface area (Å²) >= 11 is 5.76. The maximum absolute atomic E-state index is 10.4. The molecule has 3 nitrogen and oxygen atoms in total. The second kappa shape index (κ2) is 3.19. The molecular weight excluding hydrogens is 178 g/mol. The first-order valence-electron chi connectivity index (χ1n) is 3.57. The Labute approximate surface area is 75.7 Å². The second-order valence-electron chi connectivity index (χ2n) is 3.00. The monoisotopic (exact) mass is 187 g/mol. The summed E-state index contributed by atoms with van der Waals surface area (Å²) in [7, 11) is 0. The SMILES string of the molecule is CC1(NC(=O)O)C=CC=C(Cl)C1. The summed E-state index contributed by atoms with van der Waals surface area (Å²) in [4.78, 5) is 10.4. The van der Waals surface area contributed by atoms with E-state index in [1.165, 1.54) is 0 Å². The number of hydrogen-bond acceptors (Lipinski definition) is 1. The quantitative estimate of drug-likeness (QED) is 0.661. The lowest BCUT2D eigenvalue weighted by molar-refractivity contribution is 0.185. The maximum atomic E-state index is 10.4. The molecule has 0 bridgehead atoms. The summed E-state index contributed by atoms with van der Waals surface area (Å²) in [6, 6.07) is 0. The summed E-state index contributed by atoms with van der Waals surface area (Å²) in [6.45, 7) is 1.78. The van der Waals surface area contributed by atoms with Gasteiger partial charge >= 0.3 is 6.09 Å². The first-order valence-corrected chi connectivity index (χ1v) is 3.95. The number of allylic oxidation sites excluding steroid dienone is 2. The van der Waals surface area contributed by atoms with Gasteiger partial charge in [0.15, 0.2) is 0 Å². The van der Waals surface area contributed by atoms with Crippen LogP contribution < -0.4 is 5.32 Å². The molecule has 2 N–H and O–H groups in total. The van der Waals surface area contributed by atoms with Crippen molar-refractivity contribution in [2.75, 3.05) is 0 Å². The van der Waals surface area contributed by atoms with Crippen LogP contribution in [-0.4, -0.2) is 16.7 Å². The van der Waals surface area contributed by atoms with Gasteiger partial charge in [-0.15, -0.1) is 0 Å². The molecule has 12 heavy (non-hydrogen) atoms. The Morgan fingerprint density at radius 3 is 3.00 bits per heavy atom.